The number of nitriles is 1. The second kappa shape index (κ2) is 7.02. The van der Waals surface area contributed by atoms with Gasteiger partial charge in [0.15, 0.2) is 11.2 Å². The van der Waals surface area contributed by atoms with E-state index in [0.717, 1.165) is 11.1 Å². The van der Waals surface area contributed by atoms with Crippen molar-refractivity contribution in [1.82, 2.24) is 24.5 Å². The lowest BCUT2D eigenvalue weighted by Gasteiger charge is -2.06. The van der Waals surface area contributed by atoms with Crippen molar-refractivity contribution >= 4 is 22.8 Å². The van der Waals surface area contributed by atoms with E-state index in [9.17, 15) is 4.79 Å². The average Bonchev–Trinajstić information content (AvgIpc) is 3.09. The number of halogens is 1. The summed E-state index contributed by atoms with van der Waals surface area (Å²) in [5.41, 5.74) is 2.56. The highest BCUT2D eigenvalue weighted by molar-refractivity contribution is 6.31. The molecule has 4 rings (SSSR count). The predicted molar refractivity (Wildman–Crippen MR) is 100 cm³/mol. The maximum Gasteiger partial charge on any atom is 0.283 e. The van der Waals surface area contributed by atoms with Crippen LogP contribution < -0.4 is 5.56 Å². The minimum atomic E-state index is -0.284. The van der Waals surface area contributed by atoms with Crippen LogP contribution in [-0.2, 0) is 13.1 Å². The summed E-state index contributed by atoms with van der Waals surface area (Å²) in [6.45, 7) is 0.672. The van der Waals surface area contributed by atoms with Crippen LogP contribution in [0.5, 0.6) is 0 Å². The van der Waals surface area contributed by atoms with Crippen molar-refractivity contribution in [3.05, 3.63) is 86.9 Å². The van der Waals surface area contributed by atoms with Gasteiger partial charge >= 0.3 is 0 Å². The number of hydrogen-bond donors (Lipinski definition) is 0. The van der Waals surface area contributed by atoms with Crippen molar-refractivity contribution in [2.24, 2.45) is 0 Å². The van der Waals surface area contributed by atoms with Crippen LogP contribution >= 0.6 is 11.6 Å². The summed E-state index contributed by atoms with van der Waals surface area (Å²) in [7, 11) is 0. The Labute approximate surface area is 159 Å². The number of hydrogen-bond acceptors (Lipinski definition) is 5. The zero-order chi connectivity index (χ0) is 18.8. The zero-order valence-electron chi connectivity index (χ0n) is 14.1. The van der Waals surface area contributed by atoms with Gasteiger partial charge in [-0.15, -0.1) is 5.10 Å². The molecule has 2 heterocycles. The van der Waals surface area contributed by atoms with Crippen LogP contribution in [-0.4, -0.2) is 24.5 Å². The molecule has 8 heteroatoms. The molecule has 0 atom stereocenters. The Hall–Kier alpha value is -3.50. The lowest BCUT2D eigenvalue weighted by molar-refractivity contribution is 0.663. The summed E-state index contributed by atoms with van der Waals surface area (Å²) in [4.78, 5) is 17.1. The van der Waals surface area contributed by atoms with E-state index in [1.165, 1.54) is 10.9 Å². The molecule has 27 heavy (non-hydrogen) atoms. The Morgan fingerprint density at radius 1 is 1.11 bits per heavy atom. The van der Waals surface area contributed by atoms with Crippen molar-refractivity contribution in [2.45, 2.75) is 13.1 Å². The molecule has 4 aromatic rings. The minimum absolute atomic E-state index is 0.195. The van der Waals surface area contributed by atoms with Gasteiger partial charge in [-0.1, -0.05) is 47.1 Å². The van der Waals surface area contributed by atoms with Gasteiger partial charge < -0.3 is 0 Å². The summed E-state index contributed by atoms with van der Waals surface area (Å²) in [5, 5.41) is 17.7. The average molecular weight is 377 g/mol. The number of rotatable bonds is 4. The zero-order valence-corrected chi connectivity index (χ0v) is 14.8. The van der Waals surface area contributed by atoms with Crippen molar-refractivity contribution < 1.29 is 0 Å². The lowest BCUT2D eigenvalue weighted by atomic mass is 10.1. The van der Waals surface area contributed by atoms with E-state index < -0.39 is 0 Å². The van der Waals surface area contributed by atoms with E-state index in [-0.39, 0.29) is 11.1 Å². The SMILES string of the molecule is N#Cc1cccc(Cn2cnc3c(nnn3Cc3ccccc3Cl)c2=O)c1. The van der Waals surface area contributed by atoms with Gasteiger partial charge in [-0.05, 0) is 29.3 Å². The standard InChI is InChI=1S/C19H13ClN6O/c20-16-7-2-1-6-15(16)11-26-18-17(23-24-26)19(27)25(12-22-18)10-14-5-3-4-13(8-14)9-21/h1-8,12H,10-11H2. The summed E-state index contributed by atoms with van der Waals surface area (Å²) in [5.74, 6) is 0. The summed E-state index contributed by atoms with van der Waals surface area (Å²) >= 11 is 6.19. The molecule has 0 unspecified atom stereocenters. The van der Waals surface area contributed by atoms with Gasteiger partial charge in [-0.25, -0.2) is 9.67 Å². The molecule has 0 aliphatic carbocycles. The van der Waals surface area contributed by atoms with Crippen LogP contribution in [0.15, 0.2) is 59.7 Å². The minimum Gasteiger partial charge on any atom is -0.293 e. The maximum absolute atomic E-state index is 12.7. The highest BCUT2D eigenvalue weighted by Crippen LogP contribution is 2.17. The van der Waals surface area contributed by atoms with Crippen LogP contribution in [0, 0.1) is 11.3 Å². The molecule has 0 radical (unpaired) electrons. The van der Waals surface area contributed by atoms with Gasteiger partial charge in [0.05, 0.1) is 24.7 Å². The maximum atomic E-state index is 12.7. The van der Waals surface area contributed by atoms with Gasteiger partial charge in [-0.2, -0.15) is 5.26 Å². The molecule has 0 fully saturated rings. The van der Waals surface area contributed by atoms with Crippen molar-refractivity contribution in [2.75, 3.05) is 0 Å². The van der Waals surface area contributed by atoms with Crippen LogP contribution in [0.4, 0.5) is 0 Å². The van der Waals surface area contributed by atoms with E-state index in [1.807, 2.05) is 24.3 Å². The van der Waals surface area contributed by atoms with E-state index in [1.54, 1.807) is 28.9 Å². The first-order valence-electron chi connectivity index (χ1n) is 8.17. The molecule has 0 spiro atoms. The number of benzene rings is 2. The van der Waals surface area contributed by atoms with Crippen molar-refractivity contribution in [3.63, 3.8) is 0 Å². The van der Waals surface area contributed by atoms with E-state index in [0.29, 0.717) is 29.3 Å². The number of nitrogens with zero attached hydrogens (tertiary/aromatic N) is 6. The molecule has 0 aliphatic rings. The molecule has 0 saturated carbocycles. The first kappa shape index (κ1) is 16.9. The van der Waals surface area contributed by atoms with Crippen molar-refractivity contribution in [3.8, 4) is 6.07 Å². The second-order valence-electron chi connectivity index (χ2n) is 6.00. The van der Waals surface area contributed by atoms with E-state index in [2.05, 4.69) is 21.4 Å². The Morgan fingerprint density at radius 3 is 2.78 bits per heavy atom. The Morgan fingerprint density at radius 2 is 1.96 bits per heavy atom. The molecule has 0 amide bonds. The van der Waals surface area contributed by atoms with Crippen LogP contribution in [0.25, 0.3) is 11.2 Å². The molecule has 0 saturated heterocycles. The fourth-order valence-corrected chi connectivity index (χ4v) is 3.03. The van der Waals surface area contributed by atoms with Crippen LogP contribution in [0.2, 0.25) is 5.02 Å². The third-order valence-electron chi connectivity index (χ3n) is 4.18. The molecule has 132 valence electrons. The Balaban J connectivity index is 1.68. The lowest BCUT2D eigenvalue weighted by Crippen LogP contribution is -2.21. The molecule has 0 N–H and O–H groups in total. The quantitative estimate of drug-likeness (QED) is 0.546. The highest BCUT2D eigenvalue weighted by Gasteiger charge is 2.13. The fourth-order valence-electron chi connectivity index (χ4n) is 2.83. The first-order valence-corrected chi connectivity index (χ1v) is 8.54. The summed E-state index contributed by atoms with van der Waals surface area (Å²) in [6, 6.07) is 16.6. The topological polar surface area (TPSA) is 89.4 Å². The van der Waals surface area contributed by atoms with Gasteiger partial charge in [0.25, 0.3) is 5.56 Å². The summed E-state index contributed by atoms with van der Waals surface area (Å²) < 4.78 is 3.01. The van der Waals surface area contributed by atoms with Gasteiger partial charge in [0.1, 0.15) is 6.33 Å². The first-order chi connectivity index (χ1) is 13.2. The van der Waals surface area contributed by atoms with E-state index in [4.69, 9.17) is 16.9 Å². The van der Waals surface area contributed by atoms with E-state index >= 15 is 0 Å². The van der Waals surface area contributed by atoms with Crippen LogP contribution in [0.3, 0.4) is 0 Å². The van der Waals surface area contributed by atoms with Gasteiger partial charge in [-0.3, -0.25) is 9.36 Å². The fraction of sp³-hybridized carbons (Fsp3) is 0.105. The summed E-state index contributed by atoms with van der Waals surface area (Å²) in [6.07, 6.45) is 1.47. The normalized spacial score (nSPS) is 10.8. The largest absolute Gasteiger partial charge is 0.293 e. The molecule has 2 aromatic heterocycles. The van der Waals surface area contributed by atoms with Gasteiger partial charge in [0, 0.05) is 5.02 Å². The van der Waals surface area contributed by atoms with Crippen molar-refractivity contribution in [1.29, 1.82) is 5.26 Å². The smallest absolute Gasteiger partial charge is 0.283 e. The third-order valence-corrected chi connectivity index (χ3v) is 4.55. The Bertz CT molecular complexity index is 1240. The van der Waals surface area contributed by atoms with Crippen LogP contribution in [0.1, 0.15) is 16.7 Å². The number of fused-ring (bicyclic) bond motifs is 1. The molecular weight excluding hydrogens is 364 g/mol. The monoisotopic (exact) mass is 376 g/mol. The second-order valence-corrected chi connectivity index (χ2v) is 6.41. The third kappa shape index (κ3) is 3.30. The predicted octanol–water partition coefficient (Wildman–Crippen LogP) is 2.61. The molecule has 7 nitrogen and oxygen atoms in total. The highest BCUT2D eigenvalue weighted by atomic mass is 35.5. The Kier molecular flexibility index (Phi) is 4.40. The number of aromatic nitrogens is 5. The molecule has 0 aliphatic heterocycles. The molecular formula is C19H13ClN6O. The molecule has 0 bridgehead atoms. The molecule has 2 aromatic carbocycles. The van der Waals surface area contributed by atoms with Gasteiger partial charge in [0.2, 0.25) is 0 Å².